The summed E-state index contributed by atoms with van der Waals surface area (Å²) in [6.07, 6.45) is -0.811. The summed E-state index contributed by atoms with van der Waals surface area (Å²) >= 11 is 0. The Bertz CT molecular complexity index is 906. The zero-order valence-corrected chi connectivity index (χ0v) is 14.5. The Labute approximate surface area is 154 Å². The van der Waals surface area contributed by atoms with E-state index in [-0.39, 0.29) is 41.5 Å². The summed E-state index contributed by atoms with van der Waals surface area (Å²) in [5, 5.41) is 0. The molecule has 0 spiro atoms. The van der Waals surface area contributed by atoms with Gasteiger partial charge in [0.2, 0.25) is 17.6 Å². The van der Waals surface area contributed by atoms with Crippen molar-refractivity contribution in [1.29, 1.82) is 0 Å². The molecule has 3 rings (SSSR count). The van der Waals surface area contributed by atoms with Crippen LogP contribution in [0.4, 0.5) is 10.1 Å². The fraction of sp³-hybridized carbons (Fsp3) is 0.200. The third kappa shape index (κ3) is 3.92. The molecule has 0 N–H and O–H groups in total. The number of carbonyl (C=O) groups is 4. The zero-order valence-electron chi connectivity index (χ0n) is 14.5. The number of ketones is 1. The Balaban J connectivity index is 1.73. The largest absolute Gasteiger partial charge is 0.451 e. The Morgan fingerprint density at radius 2 is 1.63 bits per heavy atom. The van der Waals surface area contributed by atoms with Crippen molar-refractivity contribution in [3.63, 3.8) is 0 Å². The van der Waals surface area contributed by atoms with Gasteiger partial charge in [-0.05, 0) is 49.4 Å². The third-order valence-electron chi connectivity index (χ3n) is 4.17. The van der Waals surface area contributed by atoms with Crippen molar-refractivity contribution in [2.45, 2.75) is 25.9 Å². The van der Waals surface area contributed by atoms with E-state index in [9.17, 15) is 23.6 Å². The predicted octanol–water partition coefficient (Wildman–Crippen LogP) is 2.91. The molecule has 0 saturated carbocycles. The lowest BCUT2D eigenvalue weighted by Gasteiger charge is -2.16. The molecule has 6 nitrogen and oxygen atoms in total. The number of nitrogens with zero attached hydrogens (tertiary/aromatic N) is 1. The highest BCUT2D eigenvalue weighted by Crippen LogP contribution is 2.24. The van der Waals surface area contributed by atoms with E-state index in [0.717, 1.165) is 17.0 Å². The standard InChI is InChI=1S/C20H16FNO5/c1-12(19(25)13-5-7-15(21)8-6-13)27-20(26)14-3-2-4-16(11-14)22-17(23)9-10-18(22)24/h2-8,11-12H,9-10H2,1H3/t12-/m1/s1. The van der Waals surface area contributed by atoms with Crippen LogP contribution in [0.1, 0.15) is 40.5 Å². The van der Waals surface area contributed by atoms with Crippen LogP contribution >= 0.6 is 0 Å². The number of Topliss-reactive ketones (excluding diaryl/α,β-unsaturated/α-hetero) is 1. The second-order valence-corrected chi connectivity index (χ2v) is 6.09. The van der Waals surface area contributed by atoms with Crippen LogP contribution in [0.3, 0.4) is 0 Å². The van der Waals surface area contributed by atoms with E-state index in [1.807, 2.05) is 0 Å². The molecule has 7 heteroatoms. The normalized spacial score (nSPS) is 15.0. The van der Waals surface area contributed by atoms with Gasteiger partial charge in [-0.2, -0.15) is 0 Å². The number of imide groups is 1. The minimum atomic E-state index is -1.08. The van der Waals surface area contributed by atoms with E-state index >= 15 is 0 Å². The number of hydrogen-bond donors (Lipinski definition) is 0. The number of amides is 2. The summed E-state index contributed by atoms with van der Waals surface area (Å²) < 4.78 is 18.1. The summed E-state index contributed by atoms with van der Waals surface area (Å²) in [7, 11) is 0. The monoisotopic (exact) mass is 369 g/mol. The number of hydrogen-bond acceptors (Lipinski definition) is 5. The number of rotatable bonds is 5. The zero-order chi connectivity index (χ0) is 19.6. The maximum absolute atomic E-state index is 13.0. The van der Waals surface area contributed by atoms with E-state index in [0.29, 0.717) is 0 Å². The number of ether oxygens (including phenoxy) is 1. The second kappa shape index (κ2) is 7.49. The van der Waals surface area contributed by atoms with E-state index < -0.39 is 23.7 Å². The van der Waals surface area contributed by atoms with Crippen molar-refractivity contribution in [3.05, 3.63) is 65.5 Å². The van der Waals surface area contributed by atoms with E-state index in [2.05, 4.69) is 0 Å². The molecule has 2 aromatic rings. The molecule has 1 heterocycles. The number of halogens is 1. The van der Waals surface area contributed by atoms with Crippen LogP contribution in [0.5, 0.6) is 0 Å². The van der Waals surface area contributed by atoms with Gasteiger partial charge in [-0.3, -0.25) is 19.3 Å². The van der Waals surface area contributed by atoms with Gasteiger partial charge in [0, 0.05) is 18.4 Å². The number of benzene rings is 2. The lowest BCUT2D eigenvalue weighted by molar-refractivity contribution is -0.121. The lowest BCUT2D eigenvalue weighted by Crippen LogP contribution is -2.29. The number of carbonyl (C=O) groups excluding carboxylic acids is 4. The average Bonchev–Trinajstić information content (AvgIpc) is 3.00. The summed E-state index contributed by atoms with van der Waals surface area (Å²) in [6.45, 7) is 1.42. The quantitative estimate of drug-likeness (QED) is 0.460. The molecule has 0 aliphatic carbocycles. The van der Waals surface area contributed by atoms with Crippen LogP contribution in [-0.4, -0.2) is 29.7 Å². The van der Waals surface area contributed by atoms with Gasteiger partial charge in [0.25, 0.3) is 0 Å². The molecule has 0 unspecified atom stereocenters. The second-order valence-electron chi connectivity index (χ2n) is 6.09. The van der Waals surface area contributed by atoms with Gasteiger partial charge in [0.05, 0.1) is 11.3 Å². The van der Waals surface area contributed by atoms with Crippen molar-refractivity contribution in [3.8, 4) is 0 Å². The van der Waals surface area contributed by atoms with Crippen LogP contribution < -0.4 is 4.90 Å². The molecule has 27 heavy (non-hydrogen) atoms. The Morgan fingerprint density at radius 3 is 2.26 bits per heavy atom. The highest BCUT2D eigenvalue weighted by atomic mass is 19.1. The Morgan fingerprint density at radius 1 is 1.00 bits per heavy atom. The minimum absolute atomic E-state index is 0.110. The van der Waals surface area contributed by atoms with Crippen LogP contribution in [0, 0.1) is 5.82 Å². The molecular formula is C20H16FNO5. The van der Waals surface area contributed by atoms with Crippen molar-refractivity contribution in [1.82, 2.24) is 0 Å². The van der Waals surface area contributed by atoms with Crippen molar-refractivity contribution < 1.29 is 28.3 Å². The van der Waals surface area contributed by atoms with Crippen molar-refractivity contribution in [2.75, 3.05) is 4.90 Å². The fourth-order valence-electron chi connectivity index (χ4n) is 2.77. The lowest BCUT2D eigenvalue weighted by atomic mass is 10.1. The fourth-order valence-corrected chi connectivity index (χ4v) is 2.77. The third-order valence-corrected chi connectivity index (χ3v) is 4.17. The minimum Gasteiger partial charge on any atom is -0.451 e. The highest BCUT2D eigenvalue weighted by molar-refractivity contribution is 6.20. The highest BCUT2D eigenvalue weighted by Gasteiger charge is 2.30. The van der Waals surface area contributed by atoms with Crippen LogP contribution in [0.2, 0.25) is 0 Å². The first-order valence-electron chi connectivity index (χ1n) is 8.33. The van der Waals surface area contributed by atoms with Gasteiger partial charge in [-0.15, -0.1) is 0 Å². The van der Waals surface area contributed by atoms with Crippen molar-refractivity contribution in [2.24, 2.45) is 0 Å². The smallest absolute Gasteiger partial charge is 0.338 e. The van der Waals surface area contributed by atoms with E-state index in [1.165, 1.54) is 37.3 Å². The molecular weight excluding hydrogens is 353 g/mol. The van der Waals surface area contributed by atoms with Gasteiger partial charge < -0.3 is 4.74 Å². The van der Waals surface area contributed by atoms with Gasteiger partial charge in [-0.25, -0.2) is 9.18 Å². The Kier molecular flexibility index (Phi) is 5.12. The predicted molar refractivity (Wildman–Crippen MR) is 93.8 cm³/mol. The first-order chi connectivity index (χ1) is 12.9. The van der Waals surface area contributed by atoms with Crippen LogP contribution in [-0.2, 0) is 14.3 Å². The molecule has 2 aromatic carbocycles. The average molecular weight is 369 g/mol. The summed E-state index contributed by atoms with van der Waals surface area (Å²) in [6, 6.07) is 10.8. The summed E-state index contributed by atoms with van der Waals surface area (Å²) in [4.78, 5) is 49.3. The summed E-state index contributed by atoms with van der Waals surface area (Å²) in [5.41, 5.74) is 0.618. The number of anilines is 1. The summed E-state index contributed by atoms with van der Waals surface area (Å²) in [5.74, 6) is -2.36. The van der Waals surface area contributed by atoms with Gasteiger partial charge in [0.15, 0.2) is 6.10 Å². The van der Waals surface area contributed by atoms with E-state index in [4.69, 9.17) is 4.74 Å². The molecule has 1 aliphatic rings. The molecule has 1 aliphatic heterocycles. The molecule has 1 fully saturated rings. The van der Waals surface area contributed by atoms with Crippen LogP contribution in [0.25, 0.3) is 0 Å². The Hall–Kier alpha value is -3.35. The van der Waals surface area contributed by atoms with Gasteiger partial charge in [0.1, 0.15) is 5.82 Å². The topological polar surface area (TPSA) is 80.8 Å². The first kappa shape index (κ1) is 18.4. The molecule has 138 valence electrons. The maximum atomic E-state index is 13.0. The molecule has 1 atom stereocenters. The SMILES string of the molecule is C[C@@H](OC(=O)c1cccc(N2C(=O)CCC2=O)c1)C(=O)c1ccc(F)cc1. The maximum Gasteiger partial charge on any atom is 0.338 e. The number of esters is 1. The van der Waals surface area contributed by atoms with Gasteiger partial charge >= 0.3 is 5.97 Å². The first-order valence-corrected chi connectivity index (χ1v) is 8.33. The molecule has 0 bridgehead atoms. The molecule has 1 saturated heterocycles. The van der Waals surface area contributed by atoms with Crippen LogP contribution in [0.15, 0.2) is 48.5 Å². The van der Waals surface area contributed by atoms with E-state index in [1.54, 1.807) is 6.07 Å². The molecule has 2 amide bonds. The van der Waals surface area contributed by atoms with Gasteiger partial charge in [-0.1, -0.05) is 6.07 Å². The molecule has 0 radical (unpaired) electrons. The van der Waals surface area contributed by atoms with Crippen molar-refractivity contribution >= 4 is 29.3 Å². The molecule has 0 aromatic heterocycles.